The van der Waals surface area contributed by atoms with Gasteiger partial charge in [-0.1, -0.05) is 36.2 Å². The Morgan fingerprint density at radius 1 is 0.921 bits per heavy atom. The van der Waals surface area contributed by atoms with E-state index in [2.05, 4.69) is 0 Å². The van der Waals surface area contributed by atoms with Gasteiger partial charge in [-0.3, -0.25) is 4.79 Å². The van der Waals surface area contributed by atoms with Crippen molar-refractivity contribution < 1.29 is 23.4 Å². The molecule has 0 spiro atoms. The lowest BCUT2D eigenvalue weighted by Gasteiger charge is -2.24. The standard InChI is InChI=1S/C32H32O6/c1-20-8-7-9-21(16-20)26-18-22(12-14-28(26)35-2)27(33)19-24-17-23-13-15-29(37-25-10-5-4-6-11-25)31(36-3)30(23)38-32(24)34/h7-9,12-18,25H,4-6,10-11,19H2,1-3H3. The SMILES string of the molecule is COc1ccc(C(=O)Cc2cc3ccc(OC4CCCCC4)c(OC)c3oc2=O)cc1-c1cccc(C)c1. The Labute approximate surface area is 222 Å². The molecule has 3 aromatic carbocycles. The number of benzene rings is 3. The van der Waals surface area contributed by atoms with E-state index in [1.807, 2.05) is 49.4 Å². The first-order valence-electron chi connectivity index (χ1n) is 13.1. The van der Waals surface area contributed by atoms with Crippen LogP contribution in [0.25, 0.3) is 22.1 Å². The van der Waals surface area contributed by atoms with E-state index < -0.39 is 5.63 Å². The molecule has 4 aromatic rings. The summed E-state index contributed by atoms with van der Waals surface area (Å²) in [5, 5.41) is 0.676. The largest absolute Gasteiger partial charge is 0.496 e. The molecule has 38 heavy (non-hydrogen) atoms. The van der Waals surface area contributed by atoms with Gasteiger partial charge in [0.05, 0.1) is 20.3 Å². The summed E-state index contributed by atoms with van der Waals surface area (Å²) >= 11 is 0. The molecule has 0 bridgehead atoms. The molecule has 6 heteroatoms. The van der Waals surface area contributed by atoms with E-state index in [9.17, 15) is 9.59 Å². The molecule has 1 aromatic heterocycles. The molecule has 0 aliphatic heterocycles. The molecule has 1 heterocycles. The average Bonchev–Trinajstić information content (AvgIpc) is 2.93. The van der Waals surface area contributed by atoms with Crippen LogP contribution in [0.1, 0.15) is 53.6 Å². The van der Waals surface area contributed by atoms with Gasteiger partial charge in [-0.25, -0.2) is 4.79 Å². The maximum Gasteiger partial charge on any atom is 0.340 e. The molecule has 1 saturated carbocycles. The van der Waals surface area contributed by atoms with Crippen molar-refractivity contribution in [1.82, 2.24) is 0 Å². The zero-order valence-corrected chi connectivity index (χ0v) is 22.0. The summed E-state index contributed by atoms with van der Waals surface area (Å²) in [4.78, 5) is 26.2. The van der Waals surface area contributed by atoms with E-state index in [0.717, 1.165) is 42.4 Å². The Morgan fingerprint density at radius 3 is 2.45 bits per heavy atom. The molecule has 0 saturated heterocycles. The fourth-order valence-corrected chi connectivity index (χ4v) is 5.15. The van der Waals surface area contributed by atoms with Crippen LogP contribution in [0.5, 0.6) is 17.2 Å². The van der Waals surface area contributed by atoms with Crippen LogP contribution >= 0.6 is 0 Å². The Kier molecular flexibility index (Phi) is 7.50. The molecule has 1 fully saturated rings. The average molecular weight is 513 g/mol. The van der Waals surface area contributed by atoms with Crippen LogP contribution in [0.4, 0.5) is 0 Å². The normalized spacial score (nSPS) is 13.9. The number of Topliss-reactive ketones (excluding diaryl/α,β-unsaturated/α-hetero) is 1. The van der Waals surface area contributed by atoms with Crippen molar-refractivity contribution in [2.75, 3.05) is 14.2 Å². The summed E-state index contributed by atoms with van der Waals surface area (Å²) < 4.78 is 23.0. The maximum atomic E-state index is 13.3. The number of carbonyl (C=O) groups excluding carboxylic acids is 1. The highest BCUT2D eigenvalue weighted by Crippen LogP contribution is 2.37. The molecule has 0 unspecified atom stereocenters. The number of hydrogen-bond donors (Lipinski definition) is 0. The molecule has 0 radical (unpaired) electrons. The lowest BCUT2D eigenvalue weighted by Crippen LogP contribution is -2.20. The number of aryl methyl sites for hydroxylation is 1. The maximum absolute atomic E-state index is 13.3. The van der Waals surface area contributed by atoms with Crippen LogP contribution in [-0.4, -0.2) is 26.1 Å². The van der Waals surface area contributed by atoms with Crippen LogP contribution in [0.2, 0.25) is 0 Å². The van der Waals surface area contributed by atoms with Gasteiger partial charge in [-0.05, 0) is 74.6 Å². The highest BCUT2D eigenvalue weighted by molar-refractivity contribution is 5.99. The second-order valence-electron chi connectivity index (χ2n) is 9.84. The molecule has 0 amide bonds. The summed E-state index contributed by atoms with van der Waals surface area (Å²) in [5.41, 5.74) is 3.44. The minimum atomic E-state index is -0.564. The number of hydrogen-bond acceptors (Lipinski definition) is 6. The van der Waals surface area contributed by atoms with E-state index in [1.54, 1.807) is 25.3 Å². The topological polar surface area (TPSA) is 75.0 Å². The van der Waals surface area contributed by atoms with Gasteiger partial charge in [0.1, 0.15) is 5.75 Å². The second-order valence-corrected chi connectivity index (χ2v) is 9.84. The Hall–Kier alpha value is -4.06. The monoisotopic (exact) mass is 512 g/mol. The van der Waals surface area contributed by atoms with Crippen molar-refractivity contribution in [2.24, 2.45) is 0 Å². The molecule has 1 aliphatic rings. The van der Waals surface area contributed by atoms with Gasteiger partial charge >= 0.3 is 5.63 Å². The number of methoxy groups -OCH3 is 2. The van der Waals surface area contributed by atoms with Gasteiger partial charge in [-0.15, -0.1) is 0 Å². The van der Waals surface area contributed by atoms with Crippen molar-refractivity contribution in [2.45, 2.75) is 51.6 Å². The van der Waals surface area contributed by atoms with Crippen molar-refractivity contribution in [3.8, 4) is 28.4 Å². The zero-order valence-electron chi connectivity index (χ0n) is 22.0. The van der Waals surface area contributed by atoms with E-state index in [-0.39, 0.29) is 18.3 Å². The molecule has 0 atom stereocenters. The Morgan fingerprint density at radius 2 is 1.71 bits per heavy atom. The number of carbonyl (C=O) groups is 1. The Balaban J connectivity index is 1.43. The minimum absolute atomic E-state index is 0.0828. The van der Waals surface area contributed by atoms with Gasteiger partial charge in [-0.2, -0.15) is 0 Å². The summed E-state index contributed by atoms with van der Waals surface area (Å²) in [6.07, 6.45) is 5.58. The molecular formula is C32H32O6. The summed E-state index contributed by atoms with van der Waals surface area (Å²) in [7, 11) is 3.14. The third-order valence-corrected chi connectivity index (χ3v) is 7.14. The van der Waals surface area contributed by atoms with Gasteiger partial charge < -0.3 is 18.6 Å². The van der Waals surface area contributed by atoms with Gasteiger partial charge in [0.2, 0.25) is 5.75 Å². The van der Waals surface area contributed by atoms with Gasteiger partial charge in [0.25, 0.3) is 0 Å². The highest BCUT2D eigenvalue weighted by atomic mass is 16.5. The molecule has 6 nitrogen and oxygen atoms in total. The quantitative estimate of drug-likeness (QED) is 0.188. The predicted octanol–water partition coefficient (Wildman–Crippen LogP) is 6.92. The van der Waals surface area contributed by atoms with Crippen molar-refractivity contribution in [1.29, 1.82) is 0 Å². The van der Waals surface area contributed by atoms with Crippen molar-refractivity contribution in [3.05, 3.63) is 87.8 Å². The third kappa shape index (κ3) is 5.30. The molecular weight excluding hydrogens is 480 g/mol. The Bertz CT molecular complexity index is 1530. The molecule has 1 aliphatic carbocycles. The summed E-state index contributed by atoms with van der Waals surface area (Å²) in [6, 6.07) is 18.7. The zero-order chi connectivity index (χ0) is 26.6. The van der Waals surface area contributed by atoms with Crippen LogP contribution < -0.4 is 19.8 Å². The van der Waals surface area contributed by atoms with Crippen LogP contribution in [-0.2, 0) is 6.42 Å². The third-order valence-electron chi connectivity index (χ3n) is 7.14. The second kappa shape index (κ2) is 11.1. The first kappa shape index (κ1) is 25.6. The first-order chi connectivity index (χ1) is 18.5. The van der Waals surface area contributed by atoms with Gasteiger partial charge in [0, 0.05) is 28.5 Å². The number of ether oxygens (including phenoxy) is 3. The summed E-state index contributed by atoms with van der Waals surface area (Å²) in [6.45, 7) is 2.02. The molecule has 0 N–H and O–H groups in total. The number of fused-ring (bicyclic) bond motifs is 1. The van der Waals surface area contributed by atoms with Crippen molar-refractivity contribution in [3.63, 3.8) is 0 Å². The van der Waals surface area contributed by atoms with Gasteiger partial charge in [0.15, 0.2) is 17.1 Å². The highest BCUT2D eigenvalue weighted by Gasteiger charge is 2.21. The van der Waals surface area contributed by atoms with E-state index in [1.165, 1.54) is 13.5 Å². The summed E-state index contributed by atoms with van der Waals surface area (Å²) in [5.74, 6) is 1.47. The van der Waals surface area contributed by atoms with E-state index in [4.69, 9.17) is 18.6 Å². The molecule has 196 valence electrons. The van der Waals surface area contributed by atoms with Crippen molar-refractivity contribution >= 4 is 16.8 Å². The fourth-order valence-electron chi connectivity index (χ4n) is 5.15. The smallest absolute Gasteiger partial charge is 0.340 e. The van der Waals surface area contributed by atoms with E-state index >= 15 is 0 Å². The fraction of sp³-hybridized carbons (Fsp3) is 0.312. The lowest BCUT2D eigenvalue weighted by atomic mass is 9.96. The van der Waals surface area contributed by atoms with Crippen LogP contribution in [0.15, 0.2) is 69.9 Å². The van der Waals surface area contributed by atoms with Crippen LogP contribution in [0, 0.1) is 6.92 Å². The minimum Gasteiger partial charge on any atom is -0.496 e. The lowest BCUT2D eigenvalue weighted by molar-refractivity contribution is 0.0992. The molecule has 5 rings (SSSR count). The predicted molar refractivity (Wildman–Crippen MR) is 148 cm³/mol. The van der Waals surface area contributed by atoms with Crippen LogP contribution in [0.3, 0.4) is 0 Å². The number of ketones is 1. The first-order valence-corrected chi connectivity index (χ1v) is 13.1. The van der Waals surface area contributed by atoms with E-state index in [0.29, 0.717) is 39.3 Å². The number of rotatable bonds is 8.